The second kappa shape index (κ2) is 7.84. The van der Waals surface area contributed by atoms with Gasteiger partial charge in [-0.05, 0) is 64.7 Å². The molecule has 0 radical (unpaired) electrons. The number of halogens is 2. The lowest BCUT2D eigenvalue weighted by atomic mass is 9.78. The van der Waals surface area contributed by atoms with Crippen LogP contribution in [-0.4, -0.2) is 43.4 Å². The molecule has 1 atom stereocenters. The van der Waals surface area contributed by atoms with Crippen LogP contribution in [0.3, 0.4) is 0 Å². The summed E-state index contributed by atoms with van der Waals surface area (Å²) >= 11 is 0. The fourth-order valence-electron chi connectivity index (χ4n) is 3.08. The van der Waals surface area contributed by atoms with E-state index >= 15 is 0 Å². The van der Waals surface area contributed by atoms with Crippen LogP contribution in [0.2, 0.25) is 0 Å². The van der Waals surface area contributed by atoms with Crippen molar-refractivity contribution in [2.75, 3.05) is 13.1 Å². The predicted octanol–water partition coefficient (Wildman–Crippen LogP) is 2.03. The smallest absolute Gasteiger partial charge is 0.399 e. The second-order valence-electron chi connectivity index (χ2n) is 7.84. The van der Waals surface area contributed by atoms with Gasteiger partial charge in [-0.25, -0.2) is 4.39 Å². The van der Waals surface area contributed by atoms with Crippen LogP contribution in [-0.2, 0) is 9.31 Å². The van der Waals surface area contributed by atoms with E-state index in [1.54, 1.807) is 6.07 Å². The van der Waals surface area contributed by atoms with Gasteiger partial charge in [0.2, 0.25) is 0 Å². The highest BCUT2D eigenvalue weighted by Crippen LogP contribution is 2.36. The summed E-state index contributed by atoms with van der Waals surface area (Å²) in [5.74, 6) is -0.944. The molecule has 2 heterocycles. The number of carbonyl (C=O) groups excluding carboxylic acids is 1. The average molecular weight is 385 g/mol. The molecule has 1 aromatic rings. The van der Waals surface area contributed by atoms with E-state index < -0.39 is 24.1 Å². The number of carbonyl (C=O) groups is 1. The van der Waals surface area contributed by atoms with Crippen molar-refractivity contribution < 1.29 is 18.5 Å². The second-order valence-corrected chi connectivity index (χ2v) is 7.84. The molecule has 8 heteroatoms. The van der Waals surface area contributed by atoms with Crippen molar-refractivity contribution in [1.29, 1.82) is 0 Å². The maximum absolute atomic E-state index is 14.5. The van der Waals surface area contributed by atoms with Gasteiger partial charge >= 0.3 is 7.12 Å². The van der Waals surface area contributed by atoms with Crippen LogP contribution in [0.5, 0.6) is 0 Å². The Morgan fingerprint density at radius 2 is 1.92 bits per heavy atom. The molecule has 0 saturated carbocycles. The molecular weight excluding hydrogens is 357 g/mol. The van der Waals surface area contributed by atoms with Gasteiger partial charge < -0.3 is 19.9 Å². The van der Waals surface area contributed by atoms with Crippen LogP contribution in [0.15, 0.2) is 18.2 Å². The normalized spacial score (nSPS) is 24.0. The Bertz CT molecular complexity index is 650. The predicted molar refractivity (Wildman–Crippen MR) is 103 cm³/mol. The Morgan fingerprint density at radius 3 is 2.46 bits per heavy atom. The van der Waals surface area contributed by atoms with Gasteiger partial charge in [0.05, 0.1) is 16.8 Å². The third-order valence-corrected chi connectivity index (χ3v) is 5.40. The summed E-state index contributed by atoms with van der Waals surface area (Å²) in [6.07, 6.45) is 1.92. The molecule has 2 N–H and O–H groups in total. The quantitative estimate of drug-likeness (QED) is 0.783. The van der Waals surface area contributed by atoms with Gasteiger partial charge in [0.25, 0.3) is 5.91 Å². The largest absolute Gasteiger partial charge is 0.494 e. The highest BCUT2D eigenvalue weighted by Gasteiger charge is 2.51. The van der Waals surface area contributed by atoms with Crippen molar-refractivity contribution in [2.24, 2.45) is 0 Å². The summed E-state index contributed by atoms with van der Waals surface area (Å²) in [6, 6.07) is 4.57. The summed E-state index contributed by atoms with van der Waals surface area (Å²) in [4.78, 5) is 12.3. The maximum Gasteiger partial charge on any atom is 0.494 e. The molecule has 0 aliphatic carbocycles. The Morgan fingerprint density at radius 1 is 1.27 bits per heavy atom. The van der Waals surface area contributed by atoms with Crippen LogP contribution in [0, 0.1) is 5.82 Å². The van der Waals surface area contributed by atoms with Gasteiger partial charge in [-0.15, -0.1) is 12.4 Å². The molecule has 1 aromatic carbocycles. The third-order valence-electron chi connectivity index (χ3n) is 5.40. The maximum atomic E-state index is 14.5. The van der Waals surface area contributed by atoms with Crippen molar-refractivity contribution in [1.82, 2.24) is 10.6 Å². The lowest BCUT2D eigenvalue weighted by molar-refractivity contribution is 0.00578. The zero-order valence-electron chi connectivity index (χ0n) is 15.7. The molecule has 26 heavy (non-hydrogen) atoms. The minimum Gasteiger partial charge on any atom is -0.399 e. The van der Waals surface area contributed by atoms with E-state index in [4.69, 9.17) is 9.31 Å². The molecular formula is C18H27BClFN2O3. The number of nitrogens with one attached hydrogen (secondary N) is 2. The van der Waals surface area contributed by atoms with Crippen molar-refractivity contribution in [3.05, 3.63) is 29.6 Å². The standard InChI is InChI=1S/C18H26BFN2O3.ClH/c1-17(2)18(3,4)25-19(24-17)12-7-8-14(15(20)10-12)16(23)22-13-6-5-9-21-11-13;/h7-8,10,13,21H,5-6,9,11H2,1-4H3,(H,22,23);1H. The highest BCUT2D eigenvalue weighted by molar-refractivity contribution is 6.62. The van der Waals surface area contributed by atoms with Gasteiger partial charge in [-0.2, -0.15) is 0 Å². The van der Waals surface area contributed by atoms with Gasteiger partial charge in [0.15, 0.2) is 0 Å². The van der Waals surface area contributed by atoms with E-state index in [1.165, 1.54) is 12.1 Å². The SMILES string of the molecule is CC1(C)OB(c2ccc(C(=O)NC3CCCNC3)c(F)c2)OC1(C)C.Cl. The number of amides is 1. The van der Waals surface area contributed by atoms with Crippen LogP contribution in [0.1, 0.15) is 50.9 Å². The molecule has 1 amide bonds. The van der Waals surface area contributed by atoms with Gasteiger partial charge in [-0.3, -0.25) is 4.79 Å². The lowest BCUT2D eigenvalue weighted by Gasteiger charge is -2.32. The molecule has 3 rings (SSSR count). The van der Waals surface area contributed by atoms with E-state index in [2.05, 4.69) is 10.6 Å². The minimum atomic E-state index is -0.640. The Labute approximate surface area is 160 Å². The molecule has 5 nitrogen and oxygen atoms in total. The van der Waals surface area contributed by atoms with Crippen molar-refractivity contribution >= 4 is 30.9 Å². The molecule has 144 valence electrons. The molecule has 1 unspecified atom stereocenters. The number of hydrogen-bond donors (Lipinski definition) is 2. The summed E-state index contributed by atoms with van der Waals surface area (Å²) in [6.45, 7) is 9.47. The van der Waals surface area contributed by atoms with Crippen LogP contribution < -0.4 is 16.1 Å². The summed E-state index contributed by atoms with van der Waals surface area (Å²) < 4.78 is 26.4. The summed E-state index contributed by atoms with van der Waals surface area (Å²) in [5, 5.41) is 6.11. The lowest BCUT2D eigenvalue weighted by Crippen LogP contribution is -2.46. The van der Waals surface area contributed by atoms with Crippen molar-refractivity contribution in [3.63, 3.8) is 0 Å². The van der Waals surface area contributed by atoms with Gasteiger partial charge in [0.1, 0.15) is 5.82 Å². The van der Waals surface area contributed by atoms with Crippen molar-refractivity contribution in [2.45, 2.75) is 57.8 Å². The average Bonchev–Trinajstić information content (AvgIpc) is 2.76. The van der Waals surface area contributed by atoms with Crippen molar-refractivity contribution in [3.8, 4) is 0 Å². The van der Waals surface area contributed by atoms with E-state index in [0.717, 1.165) is 25.9 Å². The number of rotatable bonds is 3. The molecule has 2 aliphatic heterocycles. The Kier molecular flexibility index (Phi) is 6.38. The first kappa shape index (κ1) is 21.2. The van der Waals surface area contributed by atoms with E-state index in [9.17, 15) is 9.18 Å². The summed E-state index contributed by atoms with van der Waals surface area (Å²) in [5.41, 5.74) is -0.353. The van der Waals surface area contributed by atoms with Crippen LogP contribution in [0.25, 0.3) is 0 Å². The van der Waals surface area contributed by atoms with E-state index in [0.29, 0.717) is 5.46 Å². The fraction of sp³-hybridized carbons (Fsp3) is 0.611. The van der Waals surface area contributed by atoms with E-state index in [-0.39, 0.29) is 29.9 Å². The van der Waals surface area contributed by atoms with E-state index in [1.807, 2.05) is 27.7 Å². The molecule has 0 bridgehead atoms. The number of benzene rings is 1. The monoisotopic (exact) mass is 384 g/mol. The Hall–Kier alpha value is -1.15. The zero-order chi connectivity index (χ0) is 18.2. The van der Waals surface area contributed by atoms with Gasteiger partial charge in [-0.1, -0.05) is 6.07 Å². The fourth-order valence-corrected chi connectivity index (χ4v) is 3.08. The molecule has 2 aliphatic rings. The number of hydrogen-bond acceptors (Lipinski definition) is 4. The molecule has 0 spiro atoms. The minimum absolute atomic E-state index is 0. The summed E-state index contributed by atoms with van der Waals surface area (Å²) in [7, 11) is -0.640. The highest BCUT2D eigenvalue weighted by atomic mass is 35.5. The number of piperidine rings is 1. The molecule has 2 saturated heterocycles. The van der Waals surface area contributed by atoms with Crippen LogP contribution in [0.4, 0.5) is 4.39 Å². The van der Waals surface area contributed by atoms with Gasteiger partial charge in [0, 0.05) is 12.6 Å². The first-order chi connectivity index (χ1) is 11.7. The van der Waals surface area contributed by atoms with Crippen LogP contribution >= 0.6 is 12.4 Å². The molecule has 0 aromatic heterocycles. The first-order valence-corrected chi connectivity index (χ1v) is 8.86. The topological polar surface area (TPSA) is 59.6 Å². The zero-order valence-corrected chi connectivity index (χ0v) is 16.5. The Balaban J connectivity index is 0.00000243. The first-order valence-electron chi connectivity index (χ1n) is 8.86. The molecule has 2 fully saturated rings. The third kappa shape index (κ3) is 4.22.